The number of nitrogens with one attached hydrogen (secondary N) is 1. The first-order chi connectivity index (χ1) is 13.2. The van der Waals surface area contributed by atoms with Gasteiger partial charge in [-0.05, 0) is 18.6 Å². The van der Waals surface area contributed by atoms with Crippen LogP contribution in [0.3, 0.4) is 0 Å². The predicted octanol–water partition coefficient (Wildman–Crippen LogP) is 2.99. The Balaban J connectivity index is 1.68. The zero-order valence-corrected chi connectivity index (χ0v) is 16.2. The smallest absolute Gasteiger partial charge is 0.230 e. The number of nitrogens with zero attached hydrogens (tertiary/aromatic N) is 3. The third-order valence-corrected chi connectivity index (χ3v) is 5.01. The van der Waals surface area contributed by atoms with Crippen LogP contribution in [-0.4, -0.2) is 39.6 Å². The molecule has 1 atom stereocenters. The molecule has 1 aromatic carbocycles. The monoisotopic (exact) mass is 388 g/mol. The molecule has 0 radical (unpaired) electrons. The molecule has 0 unspecified atom stereocenters. The van der Waals surface area contributed by atoms with Gasteiger partial charge in [0.25, 0.3) is 0 Å². The first-order valence-corrected chi connectivity index (χ1v) is 10.0. The summed E-state index contributed by atoms with van der Waals surface area (Å²) in [5.74, 6) is 2.37. The molecule has 0 saturated carbocycles. The fourth-order valence-corrected chi connectivity index (χ4v) is 3.46. The van der Waals surface area contributed by atoms with Crippen molar-refractivity contribution in [2.24, 2.45) is 0 Å². The zero-order chi connectivity index (χ0) is 19.1. The van der Waals surface area contributed by atoms with Crippen molar-refractivity contribution in [1.29, 1.82) is 0 Å². The molecule has 1 aliphatic rings. The molecule has 27 heavy (non-hydrogen) atoms. The minimum atomic E-state index is -0.361. The van der Waals surface area contributed by atoms with Crippen molar-refractivity contribution < 1.29 is 14.3 Å². The molecule has 0 saturated heterocycles. The van der Waals surface area contributed by atoms with Gasteiger partial charge >= 0.3 is 0 Å². The number of carbonyl (C=O) groups is 1. The Labute approximate surface area is 163 Å². The number of allylic oxidation sites excluding steroid dienone is 1. The first kappa shape index (κ1) is 19.3. The molecular weight excluding hydrogens is 364 g/mol. The van der Waals surface area contributed by atoms with Gasteiger partial charge in [-0.15, -0.1) is 16.8 Å². The summed E-state index contributed by atoms with van der Waals surface area (Å²) in [5, 5.41) is 12.1. The Morgan fingerprint density at radius 3 is 3.00 bits per heavy atom. The lowest BCUT2D eigenvalue weighted by Gasteiger charge is -2.26. The summed E-state index contributed by atoms with van der Waals surface area (Å²) in [6, 6.07) is 7.55. The number of aromatic nitrogens is 3. The molecule has 0 bridgehead atoms. The molecule has 0 spiro atoms. The number of benzene rings is 1. The van der Waals surface area contributed by atoms with Crippen LogP contribution < -0.4 is 14.8 Å². The van der Waals surface area contributed by atoms with Crippen molar-refractivity contribution >= 4 is 17.7 Å². The van der Waals surface area contributed by atoms with Crippen molar-refractivity contribution in [2.45, 2.75) is 37.6 Å². The molecule has 1 N–H and O–H groups in total. The van der Waals surface area contributed by atoms with Gasteiger partial charge in [0.1, 0.15) is 6.61 Å². The second-order valence-corrected chi connectivity index (χ2v) is 7.04. The Kier molecular flexibility index (Phi) is 6.75. The van der Waals surface area contributed by atoms with E-state index < -0.39 is 0 Å². The molecule has 3 rings (SSSR count). The number of para-hydroxylation sites is 2. The van der Waals surface area contributed by atoms with Crippen molar-refractivity contribution in [2.75, 3.05) is 18.9 Å². The highest BCUT2D eigenvalue weighted by atomic mass is 32.2. The average molecular weight is 388 g/mol. The summed E-state index contributed by atoms with van der Waals surface area (Å²) in [7, 11) is 0. The third-order valence-electron chi connectivity index (χ3n) is 4.04. The summed E-state index contributed by atoms with van der Waals surface area (Å²) in [6.07, 6.45) is 3.45. The molecule has 7 nitrogen and oxygen atoms in total. The maximum Gasteiger partial charge on any atom is 0.230 e. The number of ether oxygens (including phenoxy) is 2. The average Bonchev–Trinajstić information content (AvgIpc) is 3.09. The van der Waals surface area contributed by atoms with E-state index in [9.17, 15) is 4.79 Å². The van der Waals surface area contributed by atoms with Crippen LogP contribution in [-0.2, 0) is 11.3 Å². The van der Waals surface area contributed by atoms with Crippen LogP contribution in [0, 0.1) is 0 Å². The summed E-state index contributed by atoms with van der Waals surface area (Å²) >= 11 is 1.36. The summed E-state index contributed by atoms with van der Waals surface area (Å²) < 4.78 is 13.7. The normalized spacial score (nSPS) is 15.4. The van der Waals surface area contributed by atoms with Crippen LogP contribution in [0.15, 0.2) is 42.1 Å². The SMILES string of the molecule is C=CCn1c(SCC(=O)NCCCC)nnc1[C@H]1COc2ccccc2O1. The molecule has 0 aliphatic carbocycles. The van der Waals surface area contributed by atoms with E-state index >= 15 is 0 Å². The second kappa shape index (κ2) is 9.45. The molecule has 8 heteroatoms. The minimum absolute atomic E-state index is 0.00525. The van der Waals surface area contributed by atoms with Crippen LogP contribution in [0.5, 0.6) is 11.5 Å². The van der Waals surface area contributed by atoms with E-state index in [4.69, 9.17) is 9.47 Å². The van der Waals surface area contributed by atoms with Crippen molar-refractivity contribution in [3.05, 3.63) is 42.7 Å². The minimum Gasteiger partial charge on any atom is -0.485 e. The van der Waals surface area contributed by atoms with Gasteiger partial charge in [0.05, 0.1) is 5.75 Å². The van der Waals surface area contributed by atoms with Gasteiger partial charge < -0.3 is 14.8 Å². The Bertz CT molecular complexity index is 793. The van der Waals surface area contributed by atoms with Gasteiger partial charge in [0, 0.05) is 13.1 Å². The van der Waals surface area contributed by atoms with Gasteiger partial charge in [-0.3, -0.25) is 9.36 Å². The van der Waals surface area contributed by atoms with E-state index in [0.717, 1.165) is 18.6 Å². The van der Waals surface area contributed by atoms with Crippen LogP contribution in [0.2, 0.25) is 0 Å². The highest BCUT2D eigenvalue weighted by molar-refractivity contribution is 7.99. The maximum absolute atomic E-state index is 12.0. The standard InChI is InChI=1S/C19H24N4O3S/c1-3-5-10-20-17(24)13-27-19-22-21-18(23(19)11-4-2)16-12-25-14-8-6-7-9-15(14)26-16/h4,6-9,16H,2-3,5,10-13H2,1H3,(H,20,24)/t16-/m1/s1. The van der Waals surface area contributed by atoms with Gasteiger partial charge in [-0.1, -0.05) is 43.3 Å². The molecule has 1 amide bonds. The molecule has 2 heterocycles. The molecular formula is C19H24N4O3S. The number of fused-ring (bicyclic) bond motifs is 1. The molecule has 2 aromatic rings. The van der Waals surface area contributed by atoms with Crippen molar-refractivity contribution in [3.63, 3.8) is 0 Å². The fourth-order valence-electron chi connectivity index (χ4n) is 2.68. The number of unbranched alkanes of at least 4 members (excludes halogenated alkanes) is 1. The van der Waals surface area contributed by atoms with Gasteiger partial charge in [0.15, 0.2) is 28.6 Å². The predicted molar refractivity (Wildman–Crippen MR) is 104 cm³/mol. The highest BCUT2D eigenvalue weighted by Crippen LogP contribution is 2.36. The largest absolute Gasteiger partial charge is 0.485 e. The fraction of sp³-hybridized carbons (Fsp3) is 0.421. The molecule has 0 fully saturated rings. The summed E-state index contributed by atoms with van der Waals surface area (Å²) in [5.41, 5.74) is 0. The maximum atomic E-state index is 12.0. The first-order valence-electron chi connectivity index (χ1n) is 9.05. The Hall–Kier alpha value is -2.48. The van der Waals surface area contributed by atoms with E-state index in [2.05, 4.69) is 29.0 Å². The van der Waals surface area contributed by atoms with E-state index in [1.54, 1.807) is 6.08 Å². The van der Waals surface area contributed by atoms with E-state index in [1.165, 1.54) is 11.8 Å². The van der Waals surface area contributed by atoms with E-state index in [0.29, 0.717) is 42.2 Å². The lowest BCUT2D eigenvalue weighted by Crippen LogP contribution is -2.26. The van der Waals surface area contributed by atoms with E-state index in [-0.39, 0.29) is 12.0 Å². The van der Waals surface area contributed by atoms with Crippen LogP contribution in [0.1, 0.15) is 31.7 Å². The number of amides is 1. The van der Waals surface area contributed by atoms with Crippen LogP contribution in [0.25, 0.3) is 0 Å². The quantitative estimate of drug-likeness (QED) is 0.404. The molecule has 144 valence electrons. The van der Waals surface area contributed by atoms with Gasteiger partial charge in [0.2, 0.25) is 5.91 Å². The van der Waals surface area contributed by atoms with Gasteiger partial charge in [-0.2, -0.15) is 0 Å². The summed E-state index contributed by atoms with van der Waals surface area (Å²) in [6.45, 7) is 7.49. The lowest BCUT2D eigenvalue weighted by molar-refractivity contribution is -0.118. The van der Waals surface area contributed by atoms with Crippen LogP contribution in [0.4, 0.5) is 0 Å². The van der Waals surface area contributed by atoms with Crippen molar-refractivity contribution in [3.8, 4) is 11.5 Å². The number of carbonyl (C=O) groups excluding carboxylic acids is 1. The van der Waals surface area contributed by atoms with Crippen LogP contribution >= 0.6 is 11.8 Å². The zero-order valence-electron chi connectivity index (χ0n) is 15.4. The Morgan fingerprint density at radius 2 is 2.22 bits per heavy atom. The highest BCUT2D eigenvalue weighted by Gasteiger charge is 2.28. The third kappa shape index (κ3) is 4.82. The number of hydrogen-bond donors (Lipinski definition) is 1. The Morgan fingerprint density at radius 1 is 1.41 bits per heavy atom. The van der Waals surface area contributed by atoms with Crippen molar-refractivity contribution in [1.82, 2.24) is 20.1 Å². The number of hydrogen-bond acceptors (Lipinski definition) is 6. The van der Waals surface area contributed by atoms with Gasteiger partial charge in [-0.25, -0.2) is 0 Å². The number of rotatable bonds is 9. The lowest BCUT2D eigenvalue weighted by atomic mass is 10.2. The second-order valence-electron chi connectivity index (χ2n) is 6.10. The summed E-state index contributed by atoms with van der Waals surface area (Å²) in [4.78, 5) is 12.0. The number of thioether (sulfide) groups is 1. The van der Waals surface area contributed by atoms with E-state index in [1.807, 2.05) is 28.8 Å². The molecule has 1 aromatic heterocycles. The topological polar surface area (TPSA) is 78.3 Å². The molecule has 1 aliphatic heterocycles.